The average molecular weight is 256 g/mol. The Morgan fingerprint density at radius 1 is 1.29 bits per heavy atom. The third-order valence-electron chi connectivity index (χ3n) is 2.57. The van der Waals surface area contributed by atoms with Crippen molar-refractivity contribution in [3.63, 3.8) is 0 Å². The molecule has 0 saturated carbocycles. The largest absolute Gasteiger partial charge is 0.329 e. The first-order valence-corrected chi connectivity index (χ1v) is 7.36. The minimum Gasteiger partial charge on any atom is -0.329 e. The lowest BCUT2D eigenvalue weighted by Gasteiger charge is -2.16. The van der Waals surface area contributed by atoms with Crippen LogP contribution in [0.3, 0.4) is 0 Å². The van der Waals surface area contributed by atoms with E-state index in [1.54, 1.807) is 30.3 Å². The van der Waals surface area contributed by atoms with Crippen molar-refractivity contribution in [1.29, 1.82) is 0 Å². The van der Waals surface area contributed by atoms with Gasteiger partial charge in [0.1, 0.15) is 0 Å². The van der Waals surface area contributed by atoms with E-state index < -0.39 is 10.0 Å². The molecule has 96 valence electrons. The van der Waals surface area contributed by atoms with E-state index in [-0.39, 0.29) is 10.9 Å². The van der Waals surface area contributed by atoms with Crippen LogP contribution in [-0.2, 0) is 10.0 Å². The molecule has 3 N–H and O–H groups in total. The third kappa shape index (κ3) is 4.46. The highest BCUT2D eigenvalue weighted by Crippen LogP contribution is 2.09. The molecular weight excluding hydrogens is 236 g/mol. The highest BCUT2D eigenvalue weighted by atomic mass is 32.2. The molecule has 0 saturated heterocycles. The number of hydrogen-bond acceptors (Lipinski definition) is 3. The van der Waals surface area contributed by atoms with Gasteiger partial charge in [0.25, 0.3) is 0 Å². The van der Waals surface area contributed by atoms with E-state index in [1.165, 1.54) is 0 Å². The van der Waals surface area contributed by atoms with Crippen molar-refractivity contribution in [3.05, 3.63) is 30.3 Å². The lowest BCUT2D eigenvalue weighted by Crippen LogP contribution is -2.40. The Bertz CT molecular complexity index is 417. The second kappa shape index (κ2) is 6.74. The Labute approximate surface area is 103 Å². The van der Waals surface area contributed by atoms with Gasteiger partial charge in [-0.3, -0.25) is 0 Å². The van der Waals surface area contributed by atoms with Crippen LogP contribution in [0.5, 0.6) is 0 Å². The van der Waals surface area contributed by atoms with Gasteiger partial charge in [-0.1, -0.05) is 38.0 Å². The number of nitrogens with one attached hydrogen (secondary N) is 1. The lowest BCUT2D eigenvalue weighted by atomic mass is 10.1. The van der Waals surface area contributed by atoms with Gasteiger partial charge in [-0.15, -0.1) is 0 Å². The highest BCUT2D eigenvalue weighted by Gasteiger charge is 2.18. The van der Waals surface area contributed by atoms with E-state index in [9.17, 15) is 8.42 Å². The van der Waals surface area contributed by atoms with Crippen molar-refractivity contribution >= 4 is 10.0 Å². The van der Waals surface area contributed by atoms with Crippen molar-refractivity contribution in [2.75, 3.05) is 6.54 Å². The molecule has 0 spiro atoms. The number of unbranched alkanes of at least 4 members (excludes halogenated alkanes) is 1. The molecule has 1 rings (SSSR count). The zero-order valence-corrected chi connectivity index (χ0v) is 10.9. The van der Waals surface area contributed by atoms with Gasteiger partial charge in [0, 0.05) is 12.6 Å². The zero-order valence-electron chi connectivity index (χ0n) is 10.1. The summed E-state index contributed by atoms with van der Waals surface area (Å²) in [6.45, 7) is 2.39. The van der Waals surface area contributed by atoms with E-state index >= 15 is 0 Å². The molecule has 4 nitrogen and oxygen atoms in total. The fraction of sp³-hybridized carbons (Fsp3) is 0.500. The molecule has 17 heavy (non-hydrogen) atoms. The molecule has 0 bridgehead atoms. The maximum Gasteiger partial charge on any atom is 0.240 e. The fourth-order valence-electron chi connectivity index (χ4n) is 1.56. The number of rotatable bonds is 7. The van der Waals surface area contributed by atoms with Crippen LogP contribution in [0.2, 0.25) is 0 Å². The first-order chi connectivity index (χ1) is 8.10. The summed E-state index contributed by atoms with van der Waals surface area (Å²) in [6.07, 6.45) is 2.78. The van der Waals surface area contributed by atoms with E-state index in [1.807, 2.05) is 0 Å². The van der Waals surface area contributed by atoms with Crippen LogP contribution in [-0.4, -0.2) is 21.0 Å². The van der Waals surface area contributed by atoms with Crippen molar-refractivity contribution in [2.24, 2.45) is 5.73 Å². The van der Waals surface area contributed by atoms with Gasteiger partial charge in [0.2, 0.25) is 10.0 Å². The molecule has 0 amide bonds. The summed E-state index contributed by atoms with van der Waals surface area (Å²) < 4.78 is 26.6. The molecule has 0 aliphatic rings. The van der Waals surface area contributed by atoms with Crippen LogP contribution in [0.15, 0.2) is 35.2 Å². The van der Waals surface area contributed by atoms with Crippen molar-refractivity contribution in [1.82, 2.24) is 4.72 Å². The maximum absolute atomic E-state index is 12.0. The molecule has 1 aromatic rings. The van der Waals surface area contributed by atoms with Crippen molar-refractivity contribution in [2.45, 2.75) is 37.1 Å². The summed E-state index contributed by atoms with van der Waals surface area (Å²) in [4.78, 5) is 0.287. The Hall–Kier alpha value is -0.910. The Morgan fingerprint density at radius 2 is 1.94 bits per heavy atom. The van der Waals surface area contributed by atoms with Gasteiger partial charge in [0.05, 0.1) is 4.90 Å². The minimum absolute atomic E-state index is 0.180. The first kappa shape index (κ1) is 14.2. The predicted octanol–water partition coefficient (Wildman–Crippen LogP) is 1.48. The smallest absolute Gasteiger partial charge is 0.240 e. The normalized spacial score (nSPS) is 13.5. The zero-order chi connectivity index (χ0) is 12.7. The summed E-state index contributed by atoms with van der Waals surface area (Å²) >= 11 is 0. The van der Waals surface area contributed by atoms with E-state index in [2.05, 4.69) is 11.6 Å². The average Bonchev–Trinajstić information content (AvgIpc) is 2.35. The van der Waals surface area contributed by atoms with E-state index in [0.717, 1.165) is 19.3 Å². The molecule has 1 aromatic carbocycles. The summed E-state index contributed by atoms with van der Waals surface area (Å²) in [7, 11) is -3.43. The topological polar surface area (TPSA) is 72.2 Å². The number of sulfonamides is 1. The summed E-state index contributed by atoms with van der Waals surface area (Å²) in [5.74, 6) is 0. The van der Waals surface area contributed by atoms with Crippen molar-refractivity contribution in [3.8, 4) is 0 Å². The van der Waals surface area contributed by atoms with Gasteiger partial charge in [0.15, 0.2) is 0 Å². The first-order valence-electron chi connectivity index (χ1n) is 5.87. The van der Waals surface area contributed by atoms with Gasteiger partial charge in [-0.2, -0.15) is 0 Å². The highest BCUT2D eigenvalue weighted by molar-refractivity contribution is 7.89. The fourth-order valence-corrected chi connectivity index (χ4v) is 2.87. The Kier molecular flexibility index (Phi) is 5.61. The molecule has 0 heterocycles. The summed E-state index contributed by atoms with van der Waals surface area (Å²) in [5.41, 5.74) is 5.57. The molecule has 0 aliphatic carbocycles. The molecule has 0 aliphatic heterocycles. The molecule has 1 atom stereocenters. The van der Waals surface area contributed by atoms with Crippen LogP contribution >= 0.6 is 0 Å². The van der Waals surface area contributed by atoms with Gasteiger partial charge < -0.3 is 5.73 Å². The van der Waals surface area contributed by atoms with Crippen LogP contribution in [0.4, 0.5) is 0 Å². The van der Waals surface area contributed by atoms with E-state index in [0.29, 0.717) is 6.54 Å². The monoisotopic (exact) mass is 256 g/mol. The number of hydrogen-bond donors (Lipinski definition) is 2. The van der Waals surface area contributed by atoms with Crippen LogP contribution in [0.25, 0.3) is 0 Å². The maximum atomic E-state index is 12.0. The van der Waals surface area contributed by atoms with Crippen LogP contribution < -0.4 is 10.5 Å². The minimum atomic E-state index is -3.43. The Morgan fingerprint density at radius 3 is 2.47 bits per heavy atom. The van der Waals surface area contributed by atoms with Crippen LogP contribution in [0.1, 0.15) is 26.2 Å². The lowest BCUT2D eigenvalue weighted by molar-refractivity contribution is 0.516. The van der Waals surface area contributed by atoms with Gasteiger partial charge >= 0.3 is 0 Å². The second-order valence-corrected chi connectivity index (χ2v) is 5.72. The molecule has 5 heteroatoms. The quantitative estimate of drug-likeness (QED) is 0.776. The van der Waals surface area contributed by atoms with Gasteiger partial charge in [-0.05, 0) is 18.6 Å². The summed E-state index contributed by atoms with van der Waals surface area (Å²) in [5, 5.41) is 0. The molecular formula is C12H20N2O2S. The second-order valence-electron chi connectivity index (χ2n) is 4.01. The summed E-state index contributed by atoms with van der Waals surface area (Å²) in [6, 6.07) is 8.18. The SMILES string of the molecule is CCCCC(CN)NS(=O)(=O)c1ccccc1. The van der Waals surface area contributed by atoms with E-state index in [4.69, 9.17) is 5.73 Å². The molecule has 0 aromatic heterocycles. The number of benzene rings is 1. The molecule has 0 fully saturated rings. The standard InChI is InChI=1S/C12H20N2O2S/c1-2-3-7-11(10-13)14-17(15,16)12-8-5-4-6-9-12/h4-6,8-9,11,14H,2-3,7,10,13H2,1H3. The molecule has 0 radical (unpaired) electrons. The van der Waals surface area contributed by atoms with Crippen LogP contribution in [0, 0.1) is 0 Å². The number of nitrogens with two attached hydrogens (primary N) is 1. The molecule has 1 unspecified atom stereocenters. The van der Waals surface area contributed by atoms with Gasteiger partial charge in [-0.25, -0.2) is 13.1 Å². The van der Waals surface area contributed by atoms with Crippen molar-refractivity contribution < 1.29 is 8.42 Å². The predicted molar refractivity (Wildman–Crippen MR) is 69.1 cm³/mol. The Balaban J connectivity index is 2.72. The third-order valence-corrected chi connectivity index (χ3v) is 4.10.